The van der Waals surface area contributed by atoms with Crippen molar-refractivity contribution in [2.45, 2.75) is 6.92 Å². The first-order chi connectivity index (χ1) is 10.9. The predicted octanol–water partition coefficient (Wildman–Crippen LogP) is 0.411. The number of methoxy groups -OCH3 is 1. The smallest absolute Gasteiger partial charge is 0.321 e. The Bertz CT molecular complexity index is 562. The summed E-state index contributed by atoms with van der Waals surface area (Å²) >= 11 is 0. The summed E-state index contributed by atoms with van der Waals surface area (Å²) < 4.78 is 5.07. The Morgan fingerprint density at radius 1 is 1.17 bits per heavy atom. The number of hydrogen-bond donors (Lipinski definition) is 3. The highest BCUT2D eigenvalue weighted by molar-refractivity contribution is 5.96. The molecule has 1 aromatic carbocycles. The second kappa shape index (κ2) is 9.42. The molecular formula is C15H22N4O4. The van der Waals surface area contributed by atoms with Crippen molar-refractivity contribution in [3.05, 3.63) is 24.3 Å². The lowest BCUT2D eigenvalue weighted by molar-refractivity contribution is -0.122. The van der Waals surface area contributed by atoms with Crippen molar-refractivity contribution in [3.8, 4) is 5.75 Å². The van der Waals surface area contributed by atoms with E-state index in [0.717, 1.165) is 0 Å². The summed E-state index contributed by atoms with van der Waals surface area (Å²) in [6.07, 6.45) is 0. The van der Waals surface area contributed by atoms with E-state index < -0.39 is 11.9 Å². The van der Waals surface area contributed by atoms with Crippen molar-refractivity contribution in [3.63, 3.8) is 0 Å². The Morgan fingerprint density at radius 3 is 2.52 bits per heavy atom. The summed E-state index contributed by atoms with van der Waals surface area (Å²) in [6, 6.07) is 6.42. The van der Waals surface area contributed by atoms with Gasteiger partial charge >= 0.3 is 6.03 Å². The molecule has 0 aliphatic heterocycles. The summed E-state index contributed by atoms with van der Waals surface area (Å²) in [5.74, 6) is -0.114. The van der Waals surface area contributed by atoms with Crippen LogP contribution in [0.5, 0.6) is 5.75 Å². The number of nitrogens with zero attached hydrogens (tertiary/aromatic N) is 1. The first kappa shape index (κ1) is 18.4. The maximum absolute atomic E-state index is 11.9. The molecule has 0 fully saturated rings. The molecule has 8 heteroatoms. The van der Waals surface area contributed by atoms with Crippen molar-refractivity contribution in [1.29, 1.82) is 0 Å². The predicted molar refractivity (Wildman–Crippen MR) is 86.3 cm³/mol. The second-order valence-corrected chi connectivity index (χ2v) is 4.86. The van der Waals surface area contributed by atoms with E-state index in [9.17, 15) is 14.4 Å². The monoisotopic (exact) mass is 322 g/mol. The Morgan fingerprint density at radius 2 is 1.87 bits per heavy atom. The molecular weight excluding hydrogens is 300 g/mol. The lowest BCUT2D eigenvalue weighted by Crippen LogP contribution is -2.44. The normalized spacial score (nSPS) is 10.1. The molecule has 0 saturated heterocycles. The maximum Gasteiger partial charge on any atom is 0.321 e. The fourth-order valence-electron chi connectivity index (χ4n) is 1.82. The van der Waals surface area contributed by atoms with Crippen molar-refractivity contribution in [2.75, 3.05) is 39.1 Å². The van der Waals surface area contributed by atoms with Crippen LogP contribution in [0.3, 0.4) is 0 Å². The zero-order valence-corrected chi connectivity index (χ0v) is 13.5. The van der Waals surface area contributed by atoms with E-state index in [1.54, 1.807) is 45.3 Å². The summed E-state index contributed by atoms with van der Waals surface area (Å²) in [5, 5.41) is 7.33. The largest absolute Gasteiger partial charge is 0.497 e. The molecule has 1 aromatic rings. The van der Waals surface area contributed by atoms with Gasteiger partial charge in [-0.2, -0.15) is 0 Å². The van der Waals surface area contributed by atoms with Gasteiger partial charge in [0, 0.05) is 18.3 Å². The number of benzene rings is 1. The average Bonchev–Trinajstić information content (AvgIpc) is 2.46. The number of hydrogen-bond acceptors (Lipinski definition) is 5. The van der Waals surface area contributed by atoms with Gasteiger partial charge in [-0.25, -0.2) is 4.79 Å². The molecule has 4 amide bonds. The zero-order chi connectivity index (χ0) is 17.2. The number of rotatable bonds is 7. The van der Waals surface area contributed by atoms with Crippen molar-refractivity contribution >= 4 is 23.5 Å². The molecule has 126 valence electrons. The fourth-order valence-corrected chi connectivity index (χ4v) is 1.82. The fraction of sp³-hybridized carbons (Fsp3) is 0.400. The Hall–Kier alpha value is -2.61. The van der Waals surface area contributed by atoms with Crippen molar-refractivity contribution < 1.29 is 19.1 Å². The van der Waals surface area contributed by atoms with Gasteiger partial charge in [0.15, 0.2) is 0 Å². The van der Waals surface area contributed by atoms with E-state index in [-0.39, 0.29) is 19.0 Å². The lowest BCUT2D eigenvalue weighted by atomic mass is 10.3. The molecule has 0 atom stereocenters. The summed E-state index contributed by atoms with van der Waals surface area (Å²) in [5.41, 5.74) is 0.606. The van der Waals surface area contributed by atoms with Crippen LogP contribution >= 0.6 is 0 Å². The second-order valence-electron chi connectivity index (χ2n) is 4.86. The number of carbonyl (C=O) groups is 3. The van der Waals surface area contributed by atoms with Crippen LogP contribution in [-0.2, 0) is 9.59 Å². The molecule has 0 bridgehead atoms. The van der Waals surface area contributed by atoms with E-state index >= 15 is 0 Å². The standard InChI is InChI=1S/C15H22N4O4/c1-4-16-15(22)18-14(21)10-19(2)9-13(20)17-11-6-5-7-12(8-11)23-3/h5-8H,4,9-10H2,1-3H3,(H,17,20)(H2,16,18,21,22). The molecule has 0 saturated carbocycles. The van der Waals surface area contributed by atoms with Gasteiger partial charge in [-0.1, -0.05) is 6.07 Å². The Labute approximate surface area is 135 Å². The van der Waals surface area contributed by atoms with Crippen LogP contribution in [0, 0.1) is 0 Å². The van der Waals surface area contributed by atoms with E-state index in [0.29, 0.717) is 18.0 Å². The highest BCUT2D eigenvalue weighted by Gasteiger charge is 2.13. The number of amides is 4. The van der Waals surface area contributed by atoms with Gasteiger partial charge < -0.3 is 15.4 Å². The van der Waals surface area contributed by atoms with Crippen molar-refractivity contribution in [1.82, 2.24) is 15.5 Å². The van der Waals surface area contributed by atoms with Gasteiger partial charge in [-0.15, -0.1) is 0 Å². The van der Waals surface area contributed by atoms with Crippen LogP contribution in [0.2, 0.25) is 0 Å². The highest BCUT2D eigenvalue weighted by atomic mass is 16.5. The quantitative estimate of drug-likeness (QED) is 0.675. The van der Waals surface area contributed by atoms with E-state index in [1.165, 1.54) is 4.90 Å². The zero-order valence-electron chi connectivity index (χ0n) is 13.5. The molecule has 0 aromatic heterocycles. The van der Waals surface area contributed by atoms with E-state index in [2.05, 4.69) is 16.0 Å². The summed E-state index contributed by atoms with van der Waals surface area (Å²) in [7, 11) is 3.16. The molecule has 0 heterocycles. The van der Waals surface area contributed by atoms with Gasteiger partial charge in [-0.05, 0) is 26.1 Å². The minimum atomic E-state index is -0.549. The van der Waals surface area contributed by atoms with Crippen LogP contribution < -0.4 is 20.7 Å². The first-order valence-corrected chi connectivity index (χ1v) is 7.14. The molecule has 0 aliphatic carbocycles. The number of carbonyl (C=O) groups excluding carboxylic acids is 3. The van der Waals surface area contributed by atoms with Gasteiger partial charge in [0.2, 0.25) is 11.8 Å². The summed E-state index contributed by atoms with van der Waals surface area (Å²) in [6.45, 7) is 2.12. The third kappa shape index (κ3) is 7.28. The SMILES string of the molecule is CCNC(=O)NC(=O)CN(C)CC(=O)Nc1cccc(OC)c1. The topological polar surface area (TPSA) is 99.8 Å². The molecule has 0 aliphatic rings. The maximum atomic E-state index is 11.9. The molecule has 23 heavy (non-hydrogen) atoms. The first-order valence-electron chi connectivity index (χ1n) is 7.14. The minimum absolute atomic E-state index is 0.0139. The van der Waals surface area contributed by atoms with Crippen molar-refractivity contribution in [2.24, 2.45) is 0 Å². The number of nitrogens with one attached hydrogen (secondary N) is 3. The van der Waals surface area contributed by atoms with Gasteiger partial charge in [0.25, 0.3) is 0 Å². The lowest BCUT2D eigenvalue weighted by Gasteiger charge is -2.16. The van der Waals surface area contributed by atoms with Gasteiger partial charge in [0.05, 0.1) is 20.2 Å². The molecule has 0 radical (unpaired) electrons. The van der Waals surface area contributed by atoms with E-state index in [4.69, 9.17) is 4.74 Å². The third-order valence-corrected chi connectivity index (χ3v) is 2.77. The molecule has 0 spiro atoms. The van der Waals surface area contributed by atoms with Crippen LogP contribution in [-0.4, -0.2) is 56.5 Å². The molecule has 1 rings (SSSR count). The number of ether oxygens (including phenoxy) is 1. The average molecular weight is 322 g/mol. The summed E-state index contributed by atoms with van der Waals surface area (Å²) in [4.78, 5) is 36.2. The number of imide groups is 1. The molecule has 8 nitrogen and oxygen atoms in total. The van der Waals surface area contributed by atoms with Gasteiger partial charge in [-0.3, -0.25) is 19.8 Å². The highest BCUT2D eigenvalue weighted by Crippen LogP contribution is 2.16. The van der Waals surface area contributed by atoms with Gasteiger partial charge in [0.1, 0.15) is 5.75 Å². The van der Waals surface area contributed by atoms with Crippen LogP contribution in [0.15, 0.2) is 24.3 Å². The third-order valence-electron chi connectivity index (χ3n) is 2.77. The molecule has 0 unspecified atom stereocenters. The number of urea groups is 1. The Balaban J connectivity index is 2.41. The molecule has 3 N–H and O–H groups in total. The van der Waals surface area contributed by atoms with Crippen LogP contribution in [0.4, 0.5) is 10.5 Å². The van der Waals surface area contributed by atoms with Crippen LogP contribution in [0.25, 0.3) is 0 Å². The number of anilines is 1. The van der Waals surface area contributed by atoms with E-state index in [1.807, 2.05) is 0 Å². The van der Waals surface area contributed by atoms with Crippen LogP contribution in [0.1, 0.15) is 6.92 Å². The minimum Gasteiger partial charge on any atom is -0.497 e. The Kier molecular flexibility index (Phi) is 7.55. The number of likely N-dealkylation sites (N-methyl/N-ethyl adjacent to an activating group) is 1.